The molecule has 1 aliphatic rings. The van der Waals surface area contributed by atoms with Crippen LogP contribution in [0, 0.1) is 0 Å². The summed E-state index contributed by atoms with van der Waals surface area (Å²) in [4.78, 5) is 2.39. The van der Waals surface area contributed by atoms with Gasteiger partial charge in [-0.1, -0.05) is 153 Å². The predicted molar refractivity (Wildman–Crippen MR) is 222 cm³/mol. The molecule has 0 N–H and O–H groups in total. The minimum absolute atomic E-state index is 0.0979. The molecule has 1 aromatic heterocycles. The van der Waals surface area contributed by atoms with E-state index in [0.29, 0.717) is 0 Å². The standard InChI is InChI=1S/C51H37NO/c1-51(2)46-16-8-6-13-43(46)44-32-31-41(33-47(44)51)52(39-27-23-37(24-28-39)36-21-19-35(20-22-36)34-11-4-3-5-12-34)40-29-25-38(26-30-40)42-15-10-18-49-50(42)45-14-7-9-17-48(45)53-49/h3-33H,1-2H3. The van der Waals surface area contributed by atoms with E-state index >= 15 is 0 Å². The third-order valence-electron chi connectivity index (χ3n) is 11.1. The summed E-state index contributed by atoms with van der Waals surface area (Å²) >= 11 is 0. The highest BCUT2D eigenvalue weighted by atomic mass is 16.3. The van der Waals surface area contributed by atoms with Crippen LogP contribution in [0.15, 0.2) is 192 Å². The second kappa shape index (κ2) is 12.3. The summed E-state index contributed by atoms with van der Waals surface area (Å²) in [5.41, 5.74) is 17.6. The fourth-order valence-electron chi connectivity index (χ4n) is 8.37. The first-order valence-electron chi connectivity index (χ1n) is 18.3. The normalized spacial score (nSPS) is 12.9. The van der Waals surface area contributed by atoms with Crippen molar-refractivity contribution in [1.82, 2.24) is 0 Å². The minimum Gasteiger partial charge on any atom is -0.456 e. The molecule has 9 aromatic rings. The molecule has 0 atom stereocenters. The van der Waals surface area contributed by atoms with E-state index < -0.39 is 0 Å². The highest BCUT2D eigenvalue weighted by Gasteiger charge is 2.35. The van der Waals surface area contributed by atoms with Gasteiger partial charge in [-0.25, -0.2) is 0 Å². The lowest BCUT2D eigenvalue weighted by atomic mass is 9.82. The van der Waals surface area contributed by atoms with E-state index in [1.54, 1.807) is 0 Å². The lowest BCUT2D eigenvalue weighted by Gasteiger charge is -2.28. The van der Waals surface area contributed by atoms with Crippen molar-refractivity contribution < 1.29 is 4.42 Å². The van der Waals surface area contributed by atoms with E-state index in [1.807, 2.05) is 12.1 Å². The van der Waals surface area contributed by atoms with E-state index in [-0.39, 0.29) is 5.41 Å². The Morgan fingerprint density at radius 3 is 1.60 bits per heavy atom. The Bertz CT molecular complexity index is 2770. The Labute approximate surface area is 310 Å². The summed E-state index contributed by atoms with van der Waals surface area (Å²) in [6.45, 7) is 4.69. The molecule has 10 rings (SSSR count). The van der Waals surface area contributed by atoms with Crippen LogP contribution in [0.1, 0.15) is 25.0 Å². The molecule has 0 aliphatic heterocycles. The summed E-state index contributed by atoms with van der Waals surface area (Å²) in [6, 6.07) is 67.9. The summed E-state index contributed by atoms with van der Waals surface area (Å²) in [6.07, 6.45) is 0. The maximum atomic E-state index is 6.23. The van der Waals surface area contributed by atoms with Crippen LogP contribution in [-0.4, -0.2) is 0 Å². The largest absolute Gasteiger partial charge is 0.456 e. The molecule has 1 heterocycles. The molecular weight excluding hydrogens is 643 g/mol. The van der Waals surface area contributed by atoms with Crippen LogP contribution >= 0.6 is 0 Å². The first-order valence-corrected chi connectivity index (χ1v) is 18.3. The SMILES string of the molecule is CC1(C)c2ccccc2-c2ccc(N(c3ccc(-c4ccc(-c5ccccc5)cc4)cc3)c3ccc(-c4cccc5oc6ccccc6c45)cc3)cc21. The maximum absolute atomic E-state index is 6.23. The summed E-state index contributed by atoms with van der Waals surface area (Å²) in [5, 5.41) is 2.29. The number of furan rings is 1. The van der Waals surface area contributed by atoms with Gasteiger partial charge in [-0.05, 0) is 104 Å². The Balaban J connectivity index is 1.06. The molecule has 0 saturated carbocycles. The highest BCUT2D eigenvalue weighted by Crippen LogP contribution is 2.51. The predicted octanol–water partition coefficient (Wildman–Crippen LogP) is 14.4. The number of anilines is 3. The molecule has 0 fully saturated rings. The van der Waals surface area contributed by atoms with Crippen LogP contribution in [0.5, 0.6) is 0 Å². The number of benzene rings is 8. The fourth-order valence-corrected chi connectivity index (χ4v) is 8.37. The molecule has 0 radical (unpaired) electrons. The molecule has 252 valence electrons. The molecular formula is C51H37NO. The first kappa shape index (κ1) is 31.1. The van der Waals surface area contributed by atoms with Gasteiger partial charge < -0.3 is 9.32 Å². The molecule has 2 nitrogen and oxygen atoms in total. The van der Waals surface area contributed by atoms with Crippen molar-refractivity contribution in [3.05, 3.63) is 199 Å². The molecule has 0 saturated heterocycles. The zero-order valence-corrected chi connectivity index (χ0v) is 29.8. The van der Waals surface area contributed by atoms with Crippen molar-refractivity contribution in [1.29, 1.82) is 0 Å². The molecule has 0 spiro atoms. The number of hydrogen-bond donors (Lipinski definition) is 0. The van der Waals surface area contributed by atoms with Gasteiger partial charge in [-0.15, -0.1) is 0 Å². The summed E-state index contributed by atoms with van der Waals surface area (Å²) in [5.74, 6) is 0. The second-order valence-corrected chi connectivity index (χ2v) is 14.5. The van der Waals surface area contributed by atoms with Crippen LogP contribution in [0.4, 0.5) is 17.1 Å². The van der Waals surface area contributed by atoms with Crippen molar-refractivity contribution in [2.45, 2.75) is 19.3 Å². The van der Waals surface area contributed by atoms with E-state index in [0.717, 1.165) is 44.6 Å². The van der Waals surface area contributed by atoms with Gasteiger partial charge in [-0.2, -0.15) is 0 Å². The topological polar surface area (TPSA) is 16.4 Å². The zero-order chi connectivity index (χ0) is 35.5. The average molecular weight is 680 g/mol. The van der Waals surface area contributed by atoms with Gasteiger partial charge in [0.25, 0.3) is 0 Å². The van der Waals surface area contributed by atoms with Crippen LogP contribution in [0.25, 0.3) is 66.4 Å². The highest BCUT2D eigenvalue weighted by molar-refractivity contribution is 6.12. The molecule has 2 heteroatoms. The number of fused-ring (bicyclic) bond motifs is 6. The monoisotopic (exact) mass is 679 g/mol. The quantitative estimate of drug-likeness (QED) is 0.174. The molecule has 0 amide bonds. The maximum Gasteiger partial charge on any atom is 0.136 e. The van der Waals surface area contributed by atoms with E-state index in [4.69, 9.17) is 4.42 Å². The van der Waals surface area contributed by atoms with Gasteiger partial charge in [0.05, 0.1) is 0 Å². The molecule has 8 aromatic carbocycles. The van der Waals surface area contributed by atoms with E-state index in [2.05, 4.69) is 195 Å². The van der Waals surface area contributed by atoms with Crippen LogP contribution in [0.3, 0.4) is 0 Å². The molecule has 1 aliphatic carbocycles. The summed E-state index contributed by atoms with van der Waals surface area (Å²) in [7, 11) is 0. The number of rotatable bonds is 6. The molecule has 0 unspecified atom stereocenters. The van der Waals surface area contributed by atoms with Crippen LogP contribution in [0.2, 0.25) is 0 Å². The average Bonchev–Trinajstić information content (AvgIpc) is 3.71. The number of hydrogen-bond acceptors (Lipinski definition) is 2. The lowest BCUT2D eigenvalue weighted by Crippen LogP contribution is -2.16. The van der Waals surface area contributed by atoms with Gasteiger partial charge in [-0.3, -0.25) is 0 Å². The first-order chi connectivity index (χ1) is 26.0. The molecule has 53 heavy (non-hydrogen) atoms. The van der Waals surface area contributed by atoms with Crippen molar-refractivity contribution in [2.75, 3.05) is 4.90 Å². The van der Waals surface area contributed by atoms with Gasteiger partial charge in [0.15, 0.2) is 0 Å². The van der Waals surface area contributed by atoms with Gasteiger partial charge in [0, 0.05) is 33.2 Å². The Hall–Kier alpha value is -6.64. The van der Waals surface area contributed by atoms with Crippen molar-refractivity contribution in [3.63, 3.8) is 0 Å². The second-order valence-electron chi connectivity index (χ2n) is 14.5. The van der Waals surface area contributed by atoms with Crippen molar-refractivity contribution in [3.8, 4) is 44.5 Å². The Morgan fingerprint density at radius 1 is 0.377 bits per heavy atom. The zero-order valence-electron chi connectivity index (χ0n) is 29.8. The number of para-hydroxylation sites is 1. The summed E-state index contributed by atoms with van der Waals surface area (Å²) < 4.78 is 6.23. The third-order valence-corrected chi connectivity index (χ3v) is 11.1. The molecule has 0 bridgehead atoms. The number of nitrogens with zero attached hydrogens (tertiary/aromatic N) is 1. The Kier molecular flexibility index (Phi) is 7.19. The fraction of sp³-hybridized carbons (Fsp3) is 0.0588. The van der Waals surface area contributed by atoms with Gasteiger partial charge in [0.2, 0.25) is 0 Å². The third kappa shape index (κ3) is 5.18. The van der Waals surface area contributed by atoms with Crippen LogP contribution < -0.4 is 4.90 Å². The van der Waals surface area contributed by atoms with Gasteiger partial charge in [0.1, 0.15) is 11.2 Å². The smallest absolute Gasteiger partial charge is 0.136 e. The van der Waals surface area contributed by atoms with Gasteiger partial charge >= 0.3 is 0 Å². The minimum atomic E-state index is -0.0979. The van der Waals surface area contributed by atoms with Crippen molar-refractivity contribution >= 4 is 39.0 Å². The van der Waals surface area contributed by atoms with Crippen molar-refractivity contribution in [2.24, 2.45) is 0 Å². The Morgan fingerprint density at radius 2 is 0.887 bits per heavy atom. The van der Waals surface area contributed by atoms with E-state index in [1.165, 1.54) is 50.1 Å². The lowest BCUT2D eigenvalue weighted by molar-refractivity contribution is 0.660. The van der Waals surface area contributed by atoms with E-state index in [9.17, 15) is 0 Å². The van der Waals surface area contributed by atoms with Crippen LogP contribution in [-0.2, 0) is 5.41 Å².